The molecule has 0 spiro atoms. The maximum Gasteiger partial charge on any atom is 0.338 e. The van der Waals surface area contributed by atoms with E-state index >= 15 is 0 Å². The smallest absolute Gasteiger partial charge is 0.338 e. The van der Waals surface area contributed by atoms with Crippen LogP contribution in [-0.4, -0.2) is 18.4 Å². The molecule has 108 valence electrons. The van der Waals surface area contributed by atoms with Gasteiger partial charge in [-0.25, -0.2) is 4.79 Å². The summed E-state index contributed by atoms with van der Waals surface area (Å²) in [5.41, 5.74) is 2.31. The van der Waals surface area contributed by atoms with Crippen LogP contribution in [0.4, 0.5) is 0 Å². The van der Waals surface area contributed by atoms with Crippen molar-refractivity contribution >= 4 is 11.8 Å². The number of rotatable bonds is 6. The third-order valence-electron chi connectivity index (χ3n) is 3.20. The summed E-state index contributed by atoms with van der Waals surface area (Å²) in [6.07, 6.45) is 1.12. The summed E-state index contributed by atoms with van der Waals surface area (Å²) >= 11 is 0. The van der Waals surface area contributed by atoms with E-state index in [0.717, 1.165) is 11.1 Å². The summed E-state index contributed by atoms with van der Waals surface area (Å²) in [6, 6.07) is 16.5. The van der Waals surface area contributed by atoms with Crippen LogP contribution in [0.2, 0.25) is 0 Å². The maximum absolute atomic E-state index is 12.0. The molecule has 0 aliphatic carbocycles. The first-order chi connectivity index (χ1) is 10.2. The van der Waals surface area contributed by atoms with Crippen LogP contribution in [0.15, 0.2) is 54.6 Å². The first-order valence-electron chi connectivity index (χ1n) is 7.05. The van der Waals surface area contributed by atoms with Crippen molar-refractivity contribution in [1.29, 1.82) is 0 Å². The normalized spacial score (nSPS) is 10.1. The predicted molar refractivity (Wildman–Crippen MR) is 81.5 cm³/mol. The Hall–Kier alpha value is -2.42. The van der Waals surface area contributed by atoms with Crippen LogP contribution in [0.1, 0.15) is 39.6 Å². The summed E-state index contributed by atoms with van der Waals surface area (Å²) in [6.45, 7) is 2.15. The predicted octanol–water partition coefficient (Wildman–Crippen LogP) is 3.68. The Balaban J connectivity index is 1.92. The fourth-order valence-electron chi connectivity index (χ4n) is 2.05. The molecule has 0 unspecified atom stereocenters. The maximum atomic E-state index is 12.0. The zero-order valence-corrected chi connectivity index (χ0v) is 12.0. The van der Waals surface area contributed by atoms with E-state index < -0.39 is 0 Å². The Labute approximate surface area is 124 Å². The van der Waals surface area contributed by atoms with Crippen molar-refractivity contribution in [2.45, 2.75) is 19.8 Å². The Kier molecular flexibility index (Phi) is 5.27. The molecule has 0 aliphatic rings. The minimum Gasteiger partial charge on any atom is -0.462 e. The summed E-state index contributed by atoms with van der Waals surface area (Å²) in [5.74, 6) is -0.186. The fourth-order valence-corrected chi connectivity index (χ4v) is 2.05. The lowest BCUT2D eigenvalue weighted by atomic mass is 10.0. The minimum atomic E-state index is -0.315. The molecule has 0 saturated carbocycles. The molecule has 0 aliphatic heterocycles. The van der Waals surface area contributed by atoms with Crippen LogP contribution in [0.3, 0.4) is 0 Å². The summed E-state index contributed by atoms with van der Waals surface area (Å²) in [4.78, 5) is 23.5. The monoisotopic (exact) mass is 282 g/mol. The lowest BCUT2D eigenvalue weighted by molar-refractivity contribution is 0.0526. The number of ether oxygens (including phenoxy) is 1. The van der Waals surface area contributed by atoms with E-state index in [2.05, 4.69) is 0 Å². The van der Waals surface area contributed by atoms with Crippen LogP contribution in [0.25, 0.3) is 0 Å². The van der Waals surface area contributed by atoms with Gasteiger partial charge in [0.2, 0.25) is 0 Å². The number of esters is 1. The lowest BCUT2D eigenvalue weighted by Gasteiger charge is -2.04. The van der Waals surface area contributed by atoms with E-state index in [1.165, 1.54) is 0 Å². The zero-order chi connectivity index (χ0) is 15.1. The molecule has 0 atom stereocenters. The number of carbonyl (C=O) groups is 2. The zero-order valence-electron chi connectivity index (χ0n) is 12.0. The second-order valence-electron chi connectivity index (χ2n) is 4.71. The Bertz CT molecular complexity index is 600. The Morgan fingerprint density at radius 2 is 1.57 bits per heavy atom. The molecular formula is C18H18O3. The molecule has 0 bridgehead atoms. The highest BCUT2D eigenvalue weighted by molar-refractivity contribution is 5.96. The highest BCUT2D eigenvalue weighted by Crippen LogP contribution is 2.11. The molecule has 2 aromatic rings. The van der Waals surface area contributed by atoms with Crippen molar-refractivity contribution < 1.29 is 14.3 Å². The quantitative estimate of drug-likeness (QED) is 0.599. The first-order valence-corrected chi connectivity index (χ1v) is 7.05. The molecule has 21 heavy (non-hydrogen) atoms. The van der Waals surface area contributed by atoms with E-state index in [1.807, 2.05) is 42.5 Å². The van der Waals surface area contributed by atoms with Crippen molar-refractivity contribution in [2.75, 3.05) is 6.61 Å². The van der Waals surface area contributed by atoms with Gasteiger partial charge in [0.1, 0.15) is 0 Å². The third-order valence-corrected chi connectivity index (χ3v) is 3.20. The Morgan fingerprint density at radius 1 is 0.905 bits per heavy atom. The van der Waals surface area contributed by atoms with Gasteiger partial charge in [0.05, 0.1) is 12.2 Å². The van der Waals surface area contributed by atoms with Crippen molar-refractivity contribution in [3.05, 3.63) is 71.3 Å². The average molecular weight is 282 g/mol. The number of benzene rings is 2. The number of hydrogen-bond donors (Lipinski definition) is 0. The van der Waals surface area contributed by atoms with E-state index in [-0.39, 0.29) is 11.8 Å². The summed E-state index contributed by atoms with van der Waals surface area (Å²) in [5, 5.41) is 0. The van der Waals surface area contributed by atoms with Gasteiger partial charge in [-0.3, -0.25) is 4.79 Å². The molecule has 2 aromatic carbocycles. The molecule has 3 heteroatoms. The number of aryl methyl sites for hydroxylation is 1. The molecule has 0 fully saturated rings. The van der Waals surface area contributed by atoms with Crippen LogP contribution >= 0.6 is 0 Å². The minimum absolute atomic E-state index is 0.130. The highest BCUT2D eigenvalue weighted by Gasteiger charge is 2.08. The molecule has 0 aromatic heterocycles. The fraction of sp³-hybridized carbons (Fsp3) is 0.222. The van der Waals surface area contributed by atoms with Gasteiger partial charge >= 0.3 is 5.97 Å². The Morgan fingerprint density at radius 3 is 2.19 bits per heavy atom. The average Bonchev–Trinajstić information content (AvgIpc) is 2.54. The van der Waals surface area contributed by atoms with Gasteiger partial charge in [-0.15, -0.1) is 0 Å². The SMILES string of the molecule is CCOC(=O)c1ccc(CCC(=O)c2ccccc2)cc1. The van der Waals surface area contributed by atoms with Crippen molar-refractivity contribution in [2.24, 2.45) is 0 Å². The topological polar surface area (TPSA) is 43.4 Å². The van der Waals surface area contributed by atoms with Crippen LogP contribution < -0.4 is 0 Å². The summed E-state index contributed by atoms with van der Waals surface area (Å²) in [7, 11) is 0. The van der Waals surface area contributed by atoms with Gasteiger partial charge in [0, 0.05) is 12.0 Å². The van der Waals surface area contributed by atoms with Gasteiger partial charge < -0.3 is 4.74 Å². The third kappa shape index (κ3) is 4.28. The molecular weight excluding hydrogens is 264 g/mol. The van der Waals surface area contributed by atoms with Gasteiger partial charge in [-0.05, 0) is 31.0 Å². The van der Waals surface area contributed by atoms with Gasteiger partial charge in [0.15, 0.2) is 5.78 Å². The number of carbonyl (C=O) groups excluding carboxylic acids is 2. The van der Waals surface area contributed by atoms with Gasteiger partial charge in [-0.2, -0.15) is 0 Å². The van der Waals surface area contributed by atoms with Crippen LogP contribution in [0.5, 0.6) is 0 Å². The van der Waals surface area contributed by atoms with Gasteiger partial charge in [-0.1, -0.05) is 42.5 Å². The first kappa shape index (κ1) is 15.0. The molecule has 2 rings (SSSR count). The van der Waals surface area contributed by atoms with E-state index in [1.54, 1.807) is 19.1 Å². The molecule has 0 saturated heterocycles. The largest absolute Gasteiger partial charge is 0.462 e. The number of Topliss-reactive ketones (excluding diaryl/α,β-unsaturated/α-hetero) is 1. The number of ketones is 1. The molecule has 0 radical (unpaired) electrons. The van der Waals surface area contributed by atoms with Crippen LogP contribution in [-0.2, 0) is 11.2 Å². The lowest BCUT2D eigenvalue weighted by Crippen LogP contribution is -2.05. The standard InChI is InChI=1S/C18H18O3/c1-2-21-18(20)16-11-8-14(9-12-16)10-13-17(19)15-6-4-3-5-7-15/h3-9,11-12H,2,10,13H2,1H3. The van der Waals surface area contributed by atoms with Gasteiger partial charge in [0.25, 0.3) is 0 Å². The molecule has 3 nitrogen and oxygen atoms in total. The second kappa shape index (κ2) is 7.39. The van der Waals surface area contributed by atoms with Crippen molar-refractivity contribution in [3.63, 3.8) is 0 Å². The molecule has 0 heterocycles. The van der Waals surface area contributed by atoms with Crippen molar-refractivity contribution in [3.8, 4) is 0 Å². The summed E-state index contributed by atoms with van der Waals surface area (Å²) < 4.78 is 4.93. The van der Waals surface area contributed by atoms with Crippen molar-refractivity contribution in [1.82, 2.24) is 0 Å². The second-order valence-corrected chi connectivity index (χ2v) is 4.71. The van der Waals surface area contributed by atoms with E-state index in [9.17, 15) is 9.59 Å². The number of hydrogen-bond acceptors (Lipinski definition) is 3. The van der Waals surface area contributed by atoms with E-state index in [4.69, 9.17) is 4.74 Å². The van der Waals surface area contributed by atoms with Crippen LogP contribution in [0, 0.1) is 0 Å². The molecule has 0 amide bonds. The molecule has 0 N–H and O–H groups in total. The highest BCUT2D eigenvalue weighted by atomic mass is 16.5. The van der Waals surface area contributed by atoms with E-state index in [0.29, 0.717) is 25.0 Å².